The first kappa shape index (κ1) is 17.7. The number of hydrogen-bond acceptors (Lipinski definition) is 4. The fourth-order valence-corrected chi connectivity index (χ4v) is 3.71. The highest BCUT2D eigenvalue weighted by Gasteiger charge is 2.30. The second kappa shape index (κ2) is 7.13. The number of aryl methyl sites for hydroxylation is 1. The lowest BCUT2D eigenvalue weighted by atomic mass is 10.1. The predicted octanol–water partition coefficient (Wildman–Crippen LogP) is 2.11. The number of hydrogen-bond donors (Lipinski definition) is 2. The summed E-state index contributed by atoms with van der Waals surface area (Å²) >= 11 is 0. The van der Waals surface area contributed by atoms with Gasteiger partial charge in [0.1, 0.15) is 11.9 Å². The van der Waals surface area contributed by atoms with Gasteiger partial charge >= 0.3 is 5.97 Å². The molecule has 2 heterocycles. The molecular weight excluding hydrogens is 346 g/mol. The molecule has 142 valence electrons. The Hall–Kier alpha value is -2.70. The number of aliphatic carboxylic acids is 1. The topological polar surface area (TPSA) is 101 Å². The molecule has 1 saturated carbocycles. The SMILES string of the molecule is O=C(NC(CC1CC1)C(=O)O)c1ccc2c(=O)n3c(nc2c1)CCCCC3. The third kappa shape index (κ3) is 3.72. The van der Waals surface area contributed by atoms with E-state index in [1.165, 1.54) is 0 Å². The molecule has 7 heteroatoms. The fourth-order valence-electron chi connectivity index (χ4n) is 3.71. The van der Waals surface area contributed by atoms with Crippen molar-refractivity contribution in [3.63, 3.8) is 0 Å². The lowest BCUT2D eigenvalue weighted by molar-refractivity contribution is -0.139. The molecule has 2 aliphatic rings. The average Bonchev–Trinajstić information content (AvgIpc) is 3.47. The highest BCUT2D eigenvalue weighted by atomic mass is 16.4. The molecule has 7 nitrogen and oxygen atoms in total. The summed E-state index contributed by atoms with van der Waals surface area (Å²) in [5, 5.41) is 12.4. The molecule has 1 aliphatic heterocycles. The zero-order valence-electron chi connectivity index (χ0n) is 15.1. The van der Waals surface area contributed by atoms with Crippen molar-refractivity contribution in [1.82, 2.24) is 14.9 Å². The normalized spacial score (nSPS) is 17.8. The van der Waals surface area contributed by atoms with Crippen molar-refractivity contribution in [2.75, 3.05) is 0 Å². The quantitative estimate of drug-likeness (QED) is 0.840. The first-order valence-electron chi connectivity index (χ1n) is 9.60. The average molecular weight is 369 g/mol. The van der Waals surface area contributed by atoms with E-state index in [4.69, 9.17) is 0 Å². The third-order valence-corrected chi connectivity index (χ3v) is 5.45. The van der Waals surface area contributed by atoms with Crippen LogP contribution in [0, 0.1) is 5.92 Å². The number of benzene rings is 1. The van der Waals surface area contributed by atoms with Crippen LogP contribution >= 0.6 is 0 Å². The van der Waals surface area contributed by atoms with Gasteiger partial charge in [0.15, 0.2) is 0 Å². The van der Waals surface area contributed by atoms with Gasteiger partial charge in [-0.2, -0.15) is 0 Å². The minimum atomic E-state index is -1.02. The van der Waals surface area contributed by atoms with Crippen LogP contribution in [0.3, 0.4) is 0 Å². The number of nitrogens with one attached hydrogen (secondary N) is 1. The van der Waals surface area contributed by atoms with Gasteiger partial charge in [0, 0.05) is 18.5 Å². The van der Waals surface area contributed by atoms with Gasteiger partial charge in [0.25, 0.3) is 11.5 Å². The van der Waals surface area contributed by atoms with Crippen molar-refractivity contribution in [1.29, 1.82) is 0 Å². The van der Waals surface area contributed by atoms with E-state index in [1.807, 2.05) is 0 Å². The van der Waals surface area contributed by atoms with Crippen LogP contribution in [0.4, 0.5) is 0 Å². The summed E-state index contributed by atoms with van der Waals surface area (Å²) in [4.78, 5) is 41.3. The van der Waals surface area contributed by atoms with Crippen molar-refractivity contribution in [3.05, 3.63) is 39.9 Å². The van der Waals surface area contributed by atoms with Gasteiger partial charge in [-0.15, -0.1) is 0 Å². The van der Waals surface area contributed by atoms with Crippen LogP contribution in [-0.2, 0) is 17.8 Å². The second-order valence-electron chi connectivity index (χ2n) is 7.57. The van der Waals surface area contributed by atoms with E-state index in [0.717, 1.165) is 44.3 Å². The monoisotopic (exact) mass is 369 g/mol. The standard InChI is InChI=1S/C20H23N3O4/c24-18(22-16(20(26)27)10-12-5-6-12)13-7-8-14-15(11-13)21-17-4-2-1-3-9-23(17)19(14)25/h7-8,11-12,16H,1-6,9-10H2,(H,22,24)(H,26,27). The predicted molar refractivity (Wildman–Crippen MR) is 99.8 cm³/mol. The van der Waals surface area contributed by atoms with Gasteiger partial charge in [0.05, 0.1) is 10.9 Å². The lowest BCUT2D eigenvalue weighted by Gasteiger charge is -2.15. The Kier molecular flexibility index (Phi) is 4.68. The first-order valence-corrected chi connectivity index (χ1v) is 9.60. The molecule has 0 bridgehead atoms. The van der Waals surface area contributed by atoms with Gasteiger partial charge in [-0.1, -0.05) is 19.3 Å². The summed E-state index contributed by atoms with van der Waals surface area (Å²) in [5.41, 5.74) is 0.755. The van der Waals surface area contributed by atoms with Crippen molar-refractivity contribution in [2.24, 2.45) is 5.92 Å². The van der Waals surface area contributed by atoms with Crippen LogP contribution in [0.15, 0.2) is 23.0 Å². The third-order valence-electron chi connectivity index (χ3n) is 5.45. The Balaban J connectivity index is 1.63. The Morgan fingerprint density at radius 1 is 1.26 bits per heavy atom. The zero-order valence-corrected chi connectivity index (χ0v) is 15.1. The second-order valence-corrected chi connectivity index (χ2v) is 7.57. The van der Waals surface area contributed by atoms with Gasteiger partial charge in [-0.25, -0.2) is 9.78 Å². The Labute approximate surface area is 156 Å². The minimum Gasteiger partial charge on any atom is -0.480 e. The van der Waals surface area contributed by atoms with Gasteiger partial charge < -0.3 is 10.4 Å². The number of carboxylic acid groups (broad SMARTS) is 1. The van der Waals surface area contributed by atoms with Crippen molar-refractivity contribution in [2.45, 2.75) is 57.5 Å². The molecule has 0 radical (unpaired) electrons. The number of carbonyl (C=O) groups excluding carboxylic acids is 1. The lowest BCUT2D eigenvalue weighted by Crippen LogP contribution is -2.41. The van der Waals surface area contributed by atoms with Gasteiger partial charge in [-0.05, 0) is 43.4 Å². The Morgan fingerprint density at radius 3 is 2.81 bits per heavy atom. The summed E-state index contributed by atoms with van der Waals surface area (Å²) in [5.74, 6) is -0.306. The Morgan fingerprint density at radius 2 is 2.07 bits per heavy atom. The smallest absolute Gasteiger partial charge is 0.326 e. The summed E-state index contributed by atoms with van der Waals surface area (Å²) in [7, 11) is 0. The van der Waals surface area contributed by atoms with E-state index in [2.05, 4.69) is 10.3 Å². The number of nitrogens with zero attached hydrogens (tertiary/aromatic N) is 2. The number of fused-ring (bicyclic) bond motifs is 2. The number of carboxylic acids is 1. The molecular formula is C20H23N3O4. The highest BCUT2D eigenvalue weighted by molar-refractivity contribution is 5.99. The zero-order chi connectivity index (χ0) is 19.0. The maximum Gasteiger partial charge on any atom is 0.326 e. The maximum atomic E-state index is 12.7. The number of rotatable bonds is 5. The molecule has 1 aromatic carbocycles. The molecule has 0 saturated heterocycles. The van der Waals surface area contributed by atoms with E-state index >= 15 is 0 Å². The van der Waals surface area contributed by atoms with E-state index in [9.17, 15) is 19.5 Å². The van der Waals surface area contributed by atoms with Gasteiger partial charge in [0.2, 0.25) is 0 Å². The van der Waals surface area contributed by atoms with Crippen LogP contribution in [0.25, 0.3) is 10.9 Å². The summed E-state index contributed by atoms with van der Waals surface area (Å²) in [6.07, 6.45) is 6.30. The van der Waals surface area contributed by atoms with Crippen molar-refractivity contribution < 1.29 is 14.7 Å². The van der Waals surface area contributed by atoms with Crippen LogP contribution in [0.2, 0.25) is 0 Å². The molecule has 4 rings (SSSR count). The van der Waals surface area contributed by atoms with Crippen LogP contribution < -0.4 is 10.9 Å². The molecule has 1 fully saturated rings. The molecule has 0 spiro atoms. The largest absolute Gasteiger partial charge is 0.480 e. The Bertz CT molecular complexity index is 962. The fraction of sp³-hybridized carbons (Fsp3) is 0.500. The molecule has 2 N–H and O–H groups in total. The first-order chi connectivity index (χ1) is 13.0. The van der Waals surface area contributed by atoms with E-state index in [-0.39, 0.29) is 5.56 Å². The molecule has 1 amide bonds. The molecule has 27 heavy (non-hydrogen) atoms. The summed E-state index contributed by atoms with van der Waals surface area (Å²) in [6, 6.07) is 3.90. The van der Waals surface area contributed by atoms with Crippen molar-refractivity contribution in [3.8, 4) is 0 Å². The van der Waals surface area contributed by atoms with E-state index in [1.54, 1.807) is 22.8 Å². The van der Waals surface area contributed by atoms with E-state index in [0.29, 0.717) is 35.3 Å². The number of carbonyl (C=O) groups is 2. The van der Waals surface area contributed by atoms with E-state index < -0.39 is 17.9 Å². The molecule has 1 aliphatic carbocycles. The van der Waals surface area contributed by atoms with Crippen molar-refractivity contribution >= 4 is 22.8 Å². The summed E-state index contributed by atoms with van der Waals surface area (Å²) in [6.45, 7) is 0.681. The molecule has 1 aromatic heterocycles. The number of amides is 1. The van der Waals surface area contributed by atoms with Gasteiger partial charge in [-0.3, -0.25) is 14.2 Å². The van der Waals surface area contributed by atoms with Crippen LogP contribution in [0.5, 0.6) is 0 Å². The molecule has 1 atom stereocenters. The maximum absolute atomic E-state index is 12.7. The number of aromatic nitrogens is 2. The minimum absolute atomic E-state index is 0.0685. The summed E-state index contributed by atoms with van der Waals surface area (Å²) < 4.78 is 1.74. The highest BCUT2D eigenvalue weighted by Crippen LogP contribution is 2.33. The van der Waals surface area contributed by atoms with Crippen LogP contribution in [-0.4, -0.2) is 32.6 Å². The molecule has 2 aromatic rings. The molecule has 1 unspecified atom stereocenters. The van der Waals surface area contributed by atoms with Crippen LogP contribution in [0.1, 0.15) is 54.7 Å².